The van der Waals surface area contributed by atoms with Crippen LogP contribution in [0.2, 0.25) is 0 Å². The van der Waals surface area contributed by atoms with Gasteiger partial charge >= 0.3 is 11.9 Å². The van der Waals surface area contributed by atoms with Crippen LogP contribution in [0.25, 0.3) is 0 Å². The molecule has 16 heavy (non-hydrogen) atoms. The number of nitrogens with two attached hydrogens (primary N) is 2. The van der Waals surface area contributed by atoms with Crippen molar-refractivity contribution in [2.45, 2.75) is 6.54 Å². The van der Waals surface area contributed by atoms with Crippen molar-refractivity contribution < 1.29 is 4.68 Å². The minimum Gasteiger partial charge on any atom is -0.316 e. The highest BCUT2D eigenvalue weighted by molar-refractivity contribution is 6.02. The summed E-state index contributed by atoms with van der Waals surface area (Å²) >= 11 is 0. The van der Waals surface area contributed by atoms with E-state index < -0.39 is 0 Å². The highest BCUT2D eigenvalue weighted by Gasteiger charge is 2.28. The highest BCUT2D eigenvalue weighted by Crippen LogP contribution is 2.18. The molecule has 0 bridgehead atoms. The zero-order valence-electron chi connectivity index (χ0n) is 8.54. The molecule has 6 heteroatoms. The molecule has 2 aromatic rings. The quantitative estimate of drug-likeness (QED) is 0.501. The van der Waals surface area contributed by atoms with E-state index in [-0.39, 0.29) is 5.95 Å². The van der Waals surface area contributed by atoms with Gasteiger partial charge in [0.25, 0.3) is 0 Å². The molecule has 0 unspecified atom stereocenters. The summed E-state index contributed by atoms with van der Waals surface area (Å²) < 4.78 is 2.98. The molecule has 1 aromatic heterocycles. The van der Waals surface area contributed by atoms with Gasteiger partial charge in [-0.05, 0) is 0 Å². The summed E-state index contributed by atoms with van der Waals surface area (Å²) in [6, 6.07) is 9.94. The Balaban J connectivity index is 2.05. The fraction of sp³-hybridized carbons (Fsp3) is 0.100. The molecule has 6 nitrogen and oxygen atoms in total. The standard InChI is InChI=1S/C10H11N6/c11-9-14-15-6-8(13-10(15)16(9)12)7-4-2-1-3-5-7/h1-5H,6,12H2,(H2,11,14)/q+1. The Morgan fingerprint density at radius 3 is 2.69 bits per heavy atom. The predicted octanol–water partition coefficient (Wildman–Crippen LogP) is -0.399. The fourth-order valence-corrected chi connectivity index (χ4v) is 1.75. The molecule has 3 rings (SSSR count). The number of fused-ring (bicyclic) bond motifs is 1. The Bertz CT molecular complexity index is 568. The number of nitrogens with zero attached hydrogens (tertiary/aromatic N) is 4. The molecular formula is C10H11N6+. The molecule has 0 fully saturated rings. The molecule has 0 amide bonds. The molecule has 0 atom stereocenters. The second kappa shape index (κ2) is 3.06. The van der Waals surface area contributed by atoms with E-state index in [0.717, 1.165) is 11.3 Å². The van der Waals surface area contributed by atoms with Gasteiger partial charge in [0, 0.05) is 10.7 Å². The molecule has 1 aromatic carbocycles. The van der Waals surface area contributed by atoms with Gasteiger partial charge in [0.1, 0.15) is 12.3 Å². The van der Waals surface area contributed by atoms with Crippen LogP contribution in [0.1, 0.15) is 5.56 Å². The molecule has 1 aliphatic heterocycles. The molecule has 80 valence electrons. The van der Waals surface area contributed by atoms with Gasteiger partial charge < -0.3 is 11.6 Å². The minimum atomic E-state index is 0.269. The smallest absolute Gasteiger partial charge is 0.316 e. The first-order valence-electron chi connectivity index (χ1n) is 4.92. The van der Waals surface area contributed by atoms with Gasteiger partial charge in [-0.15, -0.1) is 14.4 Å². The Kier molecular flexibility index (Phi) is 1.70. The fourth-order valence-electron chi connectivity index (χ4n) is 1.75. The van der Waals surface area contributed by atoms with Crippen LogP contribution >= 0.6 is 0 Å². The lowest BCUT2D eigenvalue weighted by molar-refractivity contribution is -0.610. The predicted molar refractivity (Wildman–Crippen MR) is 59.6 cm³/mol. The highest BCUT2D eigenvalue weighted by atomic mass is 15.5. The van der Waals surface area contributed by atoms with Crippen molar-refractivity contribution in [2.24, 2.45) is 4.99 Å². The Morgan fingerprint density at radius 2 is 2.00 bits per heavy atom. The Morgan fingerprint density at radius 1 is 1.25 bits per heavy atom. The summed E-state index contributed by atoms with van der Waals surface area (Å²) in [4.78, 5) is 4.42. The summed E-state index contributed by atoms with van der Waals surface area (Å²) in [5.41, 5.74) is 7.59. The zero-order valence-corrected chi connectivity index (χ0v) is 8.54. The van der Waals surface area contributed by atoms with Crippen LogP contribution in [-0.4, -0.2) is 15.5 Å². The maximum absolute atomic E-state index is 5.70. The van der Waals surface area contributed by atoms with Crippen LogP contribution in [0.4, 0.5) is 11.9 Å². The molecule has 0 radical (unpaired) electrons. The molecule has 0 saturated carbocycles. The molecular weight excluding hydrogens is 204 g/mol. The van der Waals surface area contributed by atoms with E-state index in [2.05, 4.69) is 10.1 Å². The van der Waals surface area contributed by atoms with E-state index in [0.29, 0.717) is 12.5 Å². The van der Waals surface area contributed by atoms with Crippen molar-refractivity contribution in [3.8, 4) is 0 Å². The van der Waals surface area contributed by atoms with Gasteiger partial charge in [-0.3, -0.25) is 0 Å². The largest absolute Gasteiger partial charge is 0.375 e. The van der Waals surface area contributed by atoms with E-state index >= 15 is 0 Å². The van der Waals surface area contributed by atoms with E-state index in [1.54, 1.807) is 4.68 Å². The van der Waals surface area contributed by atoms with Crippen molar-refractivity contribution in [3.63, 3.8) is 0 Å². The van der Waals surface area contributed by atoms with Crippen molar-refractivity contribution in [3.05, 3.63) is 35.9 Å². The van der Waals surface area contributed by atoms with Crippen LogP contribution in [0.15, 0.2) is 35.3 Å². The topological polar surface area (TPSA) is 86.1 Å². The normalized spacial score (nSPS) is 13.6. The monoisotopic (exact) mass is 215 g/mol. The summed E-state index contributed by atoms with van der Waals surface area (Å²) in [5.74, 6) is 6.54. The Hall–Kier alpha value is -2.37. The van der Waals surface area contributed by atoms with Gasteiger partial charge in [0.15, 0.2) is 0 Å². The average Bonchev–Trinajstić information content (AvgIpc) is 2.82. The van der Waals surface area contributed by atoms with Crippen molar-refractivity contribution in [1.82, 2.24) is 9.78 Å². The number of hydrogen-bond acceptors (Lipinski definition) is 4. The molecule has 0 aliphatic carbocycles. The summed E-state index contributed by atoms with van der Waals surface area (Å²) in [5, 5.41) is 4.08. The van der Waals surface area contributed by atoms with Crippen molar-refractivity contribution >= 4 is 17.6 Å². The summed E-state index contributed by atoms with van der Waals surface area (Å²) in [7, 11) is 0. The first-order valence-corrected chi connectivity index (χ1v) is 4.92. The molecule has 4 N–H and O–H groups in total. The van der Waals surface area contributed by atoms with Crippen LogP contribution < -0.4 is 16.3 Å². The number of aliphatic imine (C=N–C) groups is 1. The third-order valence-corrected chi connectivity index (χ3v) is 2.56. The van der Waals surface area contributed by atoms with Gasteiger partial charge in [0.05, 0.1) is 0 Å². The number of anilines is 1. The number of aromatic nitrogens is 3. The number of nitrogen functional groups attached to an aromatic ring is 2. The van der Waals surface area contributed by atoms with E-state index in [1.807, 2.05) is 30.3 Å². The van der Waals surface area contributed by atoms with E-state index in [9.17, 15) is 0 Å². The Labute approximate surface area is 91.8 Å². The van der Waals surface area contributed by atoms with Gasteiger partial charge in [-0.25, -0.2) is 0 Å². The first-order chi connectivity index (χ1) is 7.75. The third kappa shape index (κ3) is 1.16. The lowest BCUT2D eigenvalue weighted by Gasteiger charge is -1.95. The number of hydrogen-bond donors (Lipinski definition) is 2. The second-order valence-electron chi connectivity index (χ2n) is 3.61. The van der Waals surface area contributed by atoms with E-state index in [1.165, 1.54) is 4.68 Å². The molecule has 2 heterocycles. The molecule has 1 aliphatic rings. The van der Waals surface area contributed by atoms with Crippen LogP contribution in [0.3, 0.4) is 0 Å². The van der Waals surface area contributed by atoms with Crippen molar-refractivity contribution in [1.29, 1.82) is 0 Å². The van der Waals surface area contributed by atoms with Crippen LogP contribution in [0, 0.1) is 0 Å². The van der Waals surface area contributed by atoms with Gasteiger partial charge in [-0.2, -0.15) is 0 Å². The maximum Gasteiger partial charge on any atom is 0.375 e. The SMILES string of the molecule is Nc1nn2c([n+]1N)N=C(c1ccccc1)C2. The lowest BCUT2D eigenvalue weighted by Crippen LogP contribution is -2.45. The van der Waals surface area contributed by atoms with Crippen LogP contribution in [0.5, 0.6) is 0 Å². The number of benzene rings is 1. The van der Waals surface area contributed by atoms with Crippen molar-refractivity contribution in [2.75, 3.05) is 11.6 Å². The zero-order chi connectivity index (χ0) is 11.1. The minimum absolute atomic E-state index is 0.269. The summed E-state index contributed by atoms with van der Waals surface area (Å²) in [6.07, 6.45) is 0. The number of rotatable bonds is 1. The van der Waals surface area contributed by atoms with Gasteiger partial charge in [0.2, 0.25) is 0 Å². The average molecular weight is 215 g/mol. The maximum atomic E-state index is 5.70. The summed E-state index contributed by atoms with van der Waals surface area (Å²) in [6.45, 7) is 0.605. The first kappa shape index (κ1) is 8.90. The van der Waals surface area contributed by atoms with E-state index in [4.69, 9.17) is 11.6 Å². The van der Waals surface area contributed by atoms with Gasteiger partial charge in [-0.1, -0.05) is 30.3 Å². The third-order valence-electron chi connectivity index (χ3n) is 2.56. The van der Waals surface area contributed by atoms with Crippen LogP contribution in [-0.2, 0) is 6.54 Å². The lowest BCUT2D eigenvalue weighted by atomic mass is 10.1. The second-order valence-corrected chi connectivity index (χ2v) is 3.61. The molecule has 0 spiro atoms. The molecule has 0 saturated heterocycles.